The Kier molecular flexibility index (Phi) is 9.53. The third kappa shape index (κ3) is 8.88. The smallest absolute Gasteiger partial charge is 0.306 e. The summed E-state index contributed by atoms with van der Waals surface area (Å²) in [5.74, 6) is -1.22. The summed E-state index contributed by atoms with van der Waals surface area (Å²) in [6, 6.07) is 0. The summed E-state index contributed by atoms with van der Waals surface area (Å²) in [6.45, 7) is 12.9. The Balaban J connectivity index is 1.55. The second-order valence-electron chi connectivity index (χ2n) is 9.26. The van der Waals surface area contributed by atoms with E-state index in [1.807, 2.05) is 20.8 Å². The van der Waals surface area contributed by atoms with Gasteiger partial charge in [0.1, 0.15) is 0 Å². The van der Waals surface area contributed by atoms with Crippen LogP contribution in [-0.2, 0) is 33.3 Å². The molecule has 1 N–H and O–H groups in total. The molecule has 30 heavy (non-hydrogen) atoms. The fourth-order valence-electron chi connectivity index (χ4n) is 3.12. The number of aliphatic hydroxyl groups is 2. The van der Waals surface area contributed by atoms with Gasteiger partial charge in [0, 0.05) is 31.1 Å². The minimum atomic E-state index is -0.726. The maximum atomic E-state index is 12.0. The molecule has 8 nitrogen and oxygen atoms in total. The van der Waals surface area contributed by atoms with E-state index < -0.39 is 11.6 Å². The Bertz CT molecular complexity index is 499. The predicted octanol–water partition coefficient (Wildman–Crippen LogP) is 2.58. The highest BCUT2D eigenvalue weighted by molar-refractivity contribution is 5.69. The first kappa shape index (κ1) is 25.0. The Morgan fingerprint density at radius 1 is 0.933 bits per heavy atom. The van der Waals surface area contributed by atoms with Gasteiger partial charge in [-0.15, -0.1) is 0 Å². The van der Waals surface area contributed by atoms with Crippen LogP contribution >= 0.6 is 0 Å². The molecule has 0 aromatic carbocycles. The van der Waals surface area contributed by atoms with Crippen LogP contribution in [0.3, 0.4) is 0 Å². The van der Waals surface area contributed by atoms with Crippen molar-refractivity contribution in [3.05, 3.63) is 0 Å². The molecule has 0 spiro atoms. The van der Waals surface area contributed by atoms with E-state index in [9.17, 15) is 9.59 Å². The lowest BCUT2D eigenvalue weighted by atomic mass is 10.1. The molecule has 2 aliphatic heterocycles. The molecule has 0 radical (unpaired) electrons. The lowest BCUT2D eigenvalue weighted by Gasteiger charge is -2.36. The molecule has 2 heterocycles. The van der Waals surface area contributed by atoms with E-state index in [2.05, 4.69) is 18.6 Å². The van der Waals surface area contributed by atoms with Gasteiger partial charge in [0.25, 0.3) is 5.79 Å². The minimum Gasteiger partial charge on any atom is -0.465 e. The number of carbonyl (C=O) groups excluding carboxylic acids is 2. The summed E-state index contributed by atoms with van der Waals surface area (Å²) in [5, 5.41) is 0. The Morgan fingerprint density at radius 2 is 1.47 bits per heavy atom. The van der Waals surface area contributed by atoms with Crippen molar-refractivity contribution in [3.8, 4) is 0 Å². The fraction of sp³-hybridized carbons (Fsp3) is 0.909. The minimum absolute atomic E-state index is 0.0800. The number of carbonyl (C=O) groups is 2. The Labute approximate surface area is 179 Å². The van der Waals surface area contributed by atoms with E-state index in [1.54, 1.807) is 0 Å². The van der Waals surface area contributed by atoms with Crippen molar-refractivity contribution in [2.45, 2.75) is 71.9 Å². The van der Waals surface area contributed by atoms with Gasteiger partial charge in [-0.05, 0) is 6.92 Å². The zero-order chi connectivity index (χ0) is 22.2. The van der Waals surface area contributed by atoms with E-state index in [4.69, 9.17) is 23.7 Å². The van der Waals surface area contributed by atoms with E-state index >= 15 is 0 Å². The number of hydrogen-bond acceptors (Lipinski definition) is 7. The highest BCUT2D eigenvalue weighted by Crippen LogP contribution is 2.26. The van der Waals surface area contributed by atoms with Crippen LogP contribution in [0.1, 0.15) is 60.3 Å². The zero-order valence-corrected chi connectivity index (χ0v) is 19.1. The average Bonchev–Trinajstić information content (AvgIpc) is 2.72. The first-order valence-corrected chi connectivity index (χ1v) is 11.0. The van der Waals surface area contributed by atoms with Gasteiger partial charge in [0.15, 0.2) is 12.4 Å². The predicted molar refractivity (Wildman–Crippen MR) is 110 cm³/mol. The average molecular weight is 432 g/mol. The van der Waals surface area contributed by atoms with Gasteiger partial charge in [-0.1, -0.05) is 20.8 Å². The van der Waals surface area contributed by atoms with Gasteiger partial charge in [-0.3, -0.25) is 9.59 Å². The van der Waals surface area contributed by atoms with Crippen molar-refractivity contribution in [2.75, 3.05) is 39.6 Å². The molecule has 8 heteroatoms. The molecule has 174 valence electrons. The number of ether oxygens (including phenoxy) is 6. The quantitative estimate of drug-likeness (QED) is 0.388. The standard InChI is InChI=1S/C22H38O8/c1-16(10-25-19(23)6-8-21(4)27-12-17(2)13-28-21)11-26-20(24)7-9-22(5)29-14-18(3)15-30-22/h16-18H,6-15H2,1-5H3/p+1. The molecule has 0 bridgehead atoms. The van der Waals surface area contributed by atoms with Crippen LogP contribution in [0.25, 0.3) is 0 Å². The Hall–Kier alpha value is -1.22. The lowest BCUT2D eigenvalue weighted by Crippen LogP contribution is -2.44. The molecular weight excluding hydrogens is 392 g/mol. The van der Waals surface area contributed by atoms with Crippen molar-refractivity contribution in [1.82, 2.24) is 0 Å². The van der Waals surface area contributed by atoms with Gasteiger partial charge in [0.05, 0.1) is 52.3 Å². The molecule has 0 saturated carbocycles. The second-order valence-corrected chi connectivity index (χ2v) is 9.26. The molecule has 2 rings (SSSR count). The first-order valence-electron chi connectivity index (χ1n) is 11.0. The highest BCUT2D eigenvalue weighted by Gasteiger charge is 2.37. The first-order chi connectivity index (χ1) is 14.1. The van der Waals surface area contributed by atoms with Crippen LogP contribution in [0.4, 0.5) is 0 Å². The number of rotatable bonds is 10. The van der Waals surface area contributed by atoms with Gasteiger partial charge < -0.3 is 28.4 Å². The third-order valence-corrected chi connectivity index (χ3v) is 5.40. The SMILES string of the molecule is CC(COC(=O)CCC1(C)OCC(C)CO1)COC(=O)CCC1(C)OCC(C)C[OH+]1. The molecule has 2 aliphatic rings. The summed E-state index contributed by atoms with van der Waals surface area (Å²) < 4.78 is 32.3. The molecular formula is C22H39O8+. The molecule has 0 aromatic heterocycles. The largest absolute Gasteiger partial charge is 0.465 e. The van der Waals surface area contributed by atoms with Crippen LogP contribution in [0, 0.1) is 17.8 Å². The lowest BCUT2D eigenvalue weighted by molar-refractivity contribution is -0.356. The van der Waals surface area contributed by atoms with Crippen molar-refractivity contribution in [3.63, 3.8) is 0 Å². The van der Waals surface area contributed by atoms with Crippen molar-refractivity contribution in [1.29, 1.82) is 0 Å². The van der Waals surface area contributed by atoms with Crippen molar-refractivity contribution < 1.29 is 38.0 Å². The van der Waals surface area contributed by atoms with Gasteiger partial charge >= 0.3 is 11.9 Å². The fourth-order valence-corrected chi connectivity index (χ4v) is 3.12. The third-order valence-electron chi connectivity index (χ3n) is 5.40. The summed E-state index contributed by atoms with van der Waals surface area (Å²) in [6.07, 6.45) is 1.42. The summed E-state index contributed by atoms with van der Waals surface area (Å²) in [5.41, 5.74) is 0. The molecule has 0 aromatic rings. The van der Waals surface area contributed by atoms with E-state index in [-0.39, 0.29) is 43.9 Å². The van der Waals surface area contributed by atoms with E-state index in [0.717, 1.165) is 6.61 Å². The molecule has 2 fully saturated rings. The van der Waals surface area contributed by atoms with Gasteiger partial charge in [-0.25, -0.2) is 0 Å². The molecule has 3 atom stereocenters. The van der Waals surface area contributed by atoms with Gasteiger partial charge in [0.2, 0.25) is 0 Å². The molecule has 0 amide bonds. The van der Waals surface area contributed by atoms with E-state index in [1.165, 1.54) is 0 Å². The van der Waals surface area contributed by atoms with Crippen LogP contribution in [0.15, 0.2) is 0 Å². The monoisotopic (exact) mass is 431 g/mol. The van der Waals surface area contributed by atoms with E-state index in [0.29, 0.717) is 44.5 Å². The maximum Gasteiger partial charge on any atom is 0.306 e. The summed E-state index contributed by atoms with van der Waals surface area (Å²) >= 11 is 0. The van der Waals surface area contributed by atoms with Crippen LogP contribution in [0.5, 0.6) is 0 Å². The van der Waals surface area contributed by atoms with Crippen molar-refractivity contribution >= 4 is 11.9 Å². The van der Waals surface area contributed by atoms with Crippen LogP contribution in [-0.4, -0.2) is 67.9 Å². The summed E-state index contributed by atoms with van der Waals surface area (Å²) in [4.78, 5) is 24.0. The van der Waals surface area contributed by atoms with Crippen molar-refractivity contribution in [2.24, 2.45) is 17.8 Å². The maximum absolute atomic E-state index is 12.0. The molecule has 2 saturated heterocycles. The molecule has 3 unspecified atom stereocenters. The van der Waals surface area contributed by atoms with Gasteiger partial charge in [-0.2, -0.15) is 0 Å². The number of hydrogen-bond donors (Lipinski definition) is 0. The summed E-state index contributed by atoms with van der Waals surface area (Å²) in [7, 11) is 0. The molecule has 0 aliphatic carbocycles. The zero-order valence-electron chi connectivity index (χ0n) is 19.1. The second kappa shape index (κ2) is 11.4. The topological polar surface area (TPSA) is 93.1 Å². The Morgan fingerprint density at radius 3 is 2.00 bits per heavy atom. The normalized spacial score (nSPS) is 33.0. The highest BCUT2D eigenvalue weighted by atomic mass is 16.7. The van der Waals surface area contributed by atoms with Crippen LogP contribution in [0.2, 0.25) is 0 Å². The number of esters is 2. The van der Waals surface area contributed by atoms with Crippen LogP contribution < -0.4 is 0 Å².